The molecule has 10 heteroatoms. The Hall–Kier alpha value is -2.52. The summed E-state index contributed by atoms with van der Waals surface area (Å²) < 4.78 is 39.7. The maximum Gasteiger partial charge on any atom is 0.333 e. The molecule has 0 heterocycles. The van der Waals surface area contributed by atoms with Crippen LogP contribution in [0.25, 0.3) is 0 Å². The normalized spacial score (nSPS) is 10.2. The molecule has 0 atom stereocenters. The van der Waals surface area contributed by atoms with Crippen LogP contribution in [-0.4, -0.2) is 22.5 Å². The number of halogens is 3. The van der Waals surface area contributed by atoms with Crippen molar-refractivity contribution in [2.45, 2.75) is 0 Å². The summed E-state index contributed by atoms with van der Waals surface area (Å²) in [6, 6.07) is 0. The average molecular weight is 265 g/mol. The first-order valence-electron chi connectivity index (χ1n) is 4.33. The van der Waals surface area contributed by atoms with Crippen molar-refractivity contribution in [3.63, 3.8) is 0 Å². The topological polar surface area (TPSA) is 118 Å². The molecule has 0 fully saturated rings. The van der Waals surface area contributed by atoms with E-state index in [1.165, 1.54) is 0 Å². The Balaban J connectivity index is 3.46. The third-order valence-corrected chi connectivity index (χ3v) is 1.93. The molecule has 0 unspecified atom stereocenters. The minimum absolute atomic E-state index is 0.928. The first-order chi connectivity index (χ1) is 8.27. The number of nitrogens with zero attached hydrogens (tertiary/aromatic N) is 1. The third-order valence-electron chi connectivity index (χ3n) is 1.93. The highest BCUT2D eigenvalue weighted by atomic mass is 19.2. The van der Waals surface area contributed by atoms with Gasteiger partial charge in [0.1, 0.15) is 12.2 Å². The molecule has 0 aliphatic rings. The number of nitrogen functional groups attached to an aromatic ring is 1. The molecule has 0 radical (unpaired) electrons. The lowest BCUT2D eigenvalue weighted by molar-refractivity contribution is -0.387. The van der Waals surface area contributed by atoms with Crippen LogP contribution in [0.4, 0.5) is 30.2 Å². The summed E-state index contributed by atoms with van der Waals surface area (Å²) in [5, 5.41) is 20.6. The number of nitro benzene ring substituents is 1. The van der Waals surface area contributed by atoms with Crippen molar-refractivity contribution in [2.75, 3.05) is 17.6 Å². The van der Waals surface area contributed by atoms with Crippen LogP contribution in [0.3, 0.4) is 0 Å². The second-order valence-corrected chi connectivity index (χ2v) is 3.08. The fourth-order valence-electron chi connectivity index (χ4n) is 1.16. The van der Waals surface area contributed by atoms with Crippen molar-refractivity contribution in [3.05, 3.63) is 27.6 Å². The highest BCUT2D eigenvalue weighted by Gasteiger charge is 2.31. The predicted octanol–water partition coefficient (Wildman–Crippen LogP) is 1.09. The van der Waals surface area contributed by atoms with E-state index in [1.54, 1.807) is 5.32 Å². The van der Waals surface area contributed by atoms with Gasteiger partial charge in [-0.3, -0.25) is 14.9 Å². The molecule has 18 heavy (non-hydrogen) atoms. The largest absolute Gasteiger partial charge is 0.480 e. The summed E-state index contributed by atoms with van der Waals surface area (Å²) >= 11 is 0. The molecule has 0 aromatic heterocycles. The lowest BCUT2D eigenvalue weighted by atomic mass is 10.2. The summed E-state index contributed by atoms with van der Waals surface area (Å²) in [5.74, 6) is -6.97. The molecule has 0 aliphatic carbocycles. The lowest BCUT2D eigenvalue weighted by Crippen LogP contribution is -2.16. The smallest absolute Gasteiger partial charge is 0.333 e. The van der Waals surface area contributed by atoms with Crippen LogP contribution in [-0.2, 0) is 4.79 Å². The summed E-state index contributed by atoms with van der Waals surface area (Å²) in [6.45, 7) is -0.928. The SMILES string of the molecule is Nc1c(F)c(F)c([N+](=O)[O-])c(NCC(=O)O)c1F. The van der Waals surface area contributed by atoms with E-state index < -0.39 is 52.0 Å². The van der Waals surface area contributed by atoms with Crippen LogP contribution in [0.15, 0.2) is 0 Å². The molecule has 0 saturated heterocycles. The summed E-state index contributed by atoms with van der Waals surface area (Å²) in [4.78, 5) is 19.4. The molecule has 1 aromatic carbocycles. The minimum Gasteiger partial charge on any atom is -0.480 e. The molecule has 1 aromatic rings. The van der Waals surface area contributed by atoms with Gasteiger partial charge in [0, 0.05) is 0 Å². The molecule has 7 nitrogen and oxygen atoms in total. The number of benzene rings is 1. The Morgan fingerprint density at radius 1 is 1.33 bits per heavy atom. The van der Waals surface area contributed by atoms with E-state index in [0.29, 0.717) is 0 Å². The molecule has 4 N–H and O–H groups in total. The van der Waals surface area contributed by atoms with Gasteiger partial charge in [0.2, 0.25) is 5.82 Å². The Labute approximate surface area is 97.2 Å². The quantitative estimate of drug-likeness (QED) is 0.324. The number of hydrogen-bond acceptors (Lipinski definition) is 5. The average Bonchev–Trinajstić information content (AvgIpc) is 2.28. The van der Waals surface area contributed by atoms with Crippen LogP contribution in [0.2, 0.25) is 0 Å². The minimum atomic E-state index is -1.97. The van der Waals surface area contributed by atoms with E-state index in [0.717, 1.165) is 0 Å². The number of nitrogens with one attached hydrogen (secondary N) is 1. The molecule has 1 rings (SSSR count). The fraction of sp³-hybridized carbons (Fsp3) is 0.125. The molecule has 0 bridgehead atoms. The number of rotatable bonds is 4. The fourth-order valence-corrected chi connectivity index (χ4v) is 1.16. The number of aliphatic carboxylic acids is 1. The van der Waals surface area contributed by atoms with Gasteiger partial charge in [0.15, 0.2) is 17.3 Å². The second kappa shape index (κ2) is 4.77. The van der Waals surface area contributed by atoms with E-state index >= 15 is 0 Å². The van der Waals surface area contributed by atoms with Gasteiger partial charge in [-0.2, -0.15) is 4.39 Å². The zero-order valence-electron chi connectivity index (χ0n) is 8.54. The number of anilines is 2. The van der Waals surface area contributed by atoms with E-state index in [1.807, 2.05) is 0 Å². The standard InChI is InChI=1S/C8H6F3N3O4/c9-3-4(10)8(14(17)18)7(5(11)6(3)12)13-1-2(15)16/h13H,1,12H2,(H,15,16). The van der Waals surface area contributed by atoms with Gasteiger partial charge in [0.25, 0.3) is 0 Å². The van der Waals surface area contributed by atoms with Crippen molar-refractivity contribution >= 4 is 23.0 Å². The maximum absolute atomic E-state index is 13.4. The van der Waals surface area contributed by atoms with Crippen LogP contribution in [0.5, 0.6) is 0 Å². The summed E-state index contributed by atoms with van der Waals surface area (Å²) in [5.41, 5.74) is 0.933. The number of carboxylic acid groups (broad SMARTS) is 1. The molecule has 0 saturated carbocycles. The van der Waals surface area contributed by atoms with E-state index in [9.17, 15) is 28.1 Å². The van der Waals surface area contributed by atoms with Crippen LogP contribution >= 0.6 is 0 Å². The van der Waals surface area contributed by atoms with Gasteiger partial charge < -0.3 is 16.2 Å². The molecule has 98 valence electrons. The zero-order valence-corrected chi connectivity index (χ0v) is 8.54. The highest BCUT2D eigenvalue weighted by molar-refractivity contribution is 5.77. The molecular weight excluding hydrogens is 259 g/mol. The predicted molar refractivity (Wildman–Crippen MR) is 53.5 cm³/mol. The molecule has 0 amide bonds. The number of nitro groups is 1. The molecule has 0 spiro atoms. The number of nitrogens with two attached hydrogens (primary N) is 1. The molecular formula is C8H6F3N3O4. The van der Waals surface area contributed by atoms with Gasteiger partial charge in [-0.15, -0.1) is 0 Å². The first kappa shape index (κ1) is 13.5. The van der Waals surface area contributed by atoms with Gasteiger partial charge in [0.05, 0.1) is 4.92 Å². The second-order valence-electron chi connectivity index (χ2n) is 3.08. The van der Waals surface area contributed by atoms with Gasteiger partial charge in [-0.1, -0.05) is 0 Å². The number of carboxylic acids is 1. The zero-order chi connectivity index (χ0) is 14.0. The molecule has 0 aliphatic heterocycles. The van der Waals surface area contributed by atoms with Gasteiger partial charge in [-0.25, -0.2) is 8.78 Å². The van der Waals surface area contributed by atoms with E-state index in [2.05, 4.69) is 0 Å². The number of carbonyl (C=O) groups is 1. The Bertz CT molecular complexity index is 535. The van der Waals surface area contributed by atoms with Gasteiger partial charge >= 0.3 is 11.7 Å². The summed E-state index contributed by atoms with van der Waals surface area (Å²) in [6.07, 6.45) is 0. The van der Waals surface area contributed by atoms with Crippen molar-refractivity contribution < 1.29 is 28.0 Å². The van der Waals surface area contributed by atoms with Crippen molar-refractivity contribution in [1.82, 2.24) is 0 Å². The van der Waals surface area contributed by atoms with Gasteiger partial charge in [-0.05, 0) is 0 Å². The Morgan fingerprint density at radius 2 is 1.89 bits per heavy atom. The van der Waals surface area contributed by atoms with E-state index in [-0.39, 0.29) is 0 Å². The van der Waals surface area contributed by atoms with E-state index in [4.69, 9.17) is 10.8 Å². The van der Waals surface area contributed by atoms with Crippen molar-refractivity contribution in [3.8, 4) is 0 Å². The maximum atomic E-state index is 13.4. The monoisotopic (exact) mass is 265 g/mol. The van der Waals surface area contributed by atoms with Crippen LogP contribution in [0.1, 0.15) is 0 Å². The highest BCUT2D eigenvalue weighted by Crippen LogP contribution is 2.36. The Kier molecular flexibility index (Phi) is 3.59. The lowest BCUT2D eigenvalue weighted by Gasteiger charge is -2.09. The van der Waals surface area contributed by atoms with Crippen molar-refractivity contribution in [1.29, 1.82) is 0 Å². The Morgan fingerprint density at radius 3 is 2.33 bits per heavy atom. The first-order valence-corrected chi connectivity index (χ1v) is 4.33. The van der Waals surface area contributed by atoms with Crippen LogP contribution in [0, 0.1) is 27.6 Å². The summed E-state index contributed by atoms with van der Waals surface area (Å²) in [7, 11) is 0. The van der Waals surface area contributed by atoms with Crippen molar-refractivity contribution in [2.24, 2.45) is 0 Å². The van der Waals surface area contributed by atoms with Crippen LogP contribution < -0.4 is 11.1 Å². The number of hydrogen-bond donors (Lipinski definition) is 3. The third kappa shape index (κ3) is 2.26.